The van der Waals surface area contributed by atoms with Crippen LogP contribution in [0.3, 0.4) is 0 Å². The maximum absolute atomic E-state index is 6.13. The van der Waals surface area contributed by atoms with Gasteiger partial charge in [0.1, 0.15) is 0 Å². The van der Waals surface area contributed by atoms with Gasteiger partial charge >= 0.3 is 0 Å². The zero-order valence-corrected chi connectivity index (χ0v) is 11.5. The Balaban J connectivity index is 2.41. The molecular formula is C13H11Cl2NS. The van der Waals surface area contributed by atoms with Crippen molar-refractivity contribution in [3.05, 3.63) is 52.0 Å². The molecule has 0 atom stereocenters. The Morgan fingerprint density at radius 1 is 1.12 bits per heavy atom. The largest absolute Gasteiger partial charge is 0.398 e. The lowest BCUT2D eigenvalue weighted by Gasteiger charge is -2.10. The number of benzene rings is 2. The summed E-state index contributed by atoms with van der Waals surface area (Å²) in [6.07, 6.45) is 0. The van der Waals surface area contributed by atoms with Crippen molar-refractivity contribution < 1.29 is 0 Å². The minimum absolute atomic E-state index is 0.670. The summed E-state index contributed by atoms with van der Waals surface area (Å²) in [7, 11) is 0. The molecule has 88 valence electrons. The summed E-state index contributed by atoms with van der Waals surface area (Å²) in [5.74, 6) is 0. The van der Waals surface area contributed by atoms with Crippen LogP contribution in [0.2, 0.25) is 10.0 Å². The molecule has 0 radical (unpaired) electrons. The molecule has 0 aliphatic carbocycles. The van der Waals surface area contributed by atoms with E-state index in [9.17, 15) is 0 Å². The first-order chi connectivity index (χ1) is 8.08. The Kier molecular flexibility index (Phi) is 3.87. The predicted octanol–water partition coefficient (Wildman–Crippen LogP) is 5.04. The van der Waals surface area contributed by atoms with Crippen molar-refractivity contribution in [3.63, 3.8) is 0 Å². The Morgan fingerprint density at radius 3 is 2.59 bits per heavy atom. The second-order valence-corrected chi connectivity index (χ2v) is 5.57. The van der Waals surface area contributed by atoms with Gasteiger partial charge in [0.25, 0.3) is 0 Å². The highest BCUT2D eigenvalue weighted by molar-refractivity contribution is 7.99. The summed E-state index contributed by atoms with van der Waals surface area (Å²) >= 11 is 13.6. The van der Waals surface area contributed by atoms with Gasteiger partial charge in [-0.3, -0.25) is 0 Å². The van der Waals surface area contributed by atoms with E-state index in [-0.39, 0.29) is 0 Å². The zero-order chi connectivity index (χ0) is 12.4. The van der Waals surface area contributed by atoms with Gasteiger partial charge in [0.05, 0.1) is 5.02 Å². The average molecular weight is 284 g/mol. The molecule has 0 bridgehead atoms. The highest BCUT2D eigenvalue weighted by atomic mass is 35.5. The summed E-state index contributed by atoms with van der Waals surface area (Å²) in [4.78, 5) is 1.94. The lowest BCUT2D eigenvalue weighted by molar-refractivity contribution is 1.30. The molecule has 4 heteroatoms. The number of rotatable bonds is 2. The maximum Gasteiger partial charge on any atom is 0.0546 e. The van der Waals surface area contributed by atoms with Gasteiger partial charge in [-0.2, -0.15) is 0 Å². The molecule has 0 aliphatic rings. The predicted molar refractivity (Wildman–Crippen MR) is 76.2 cm³/mol. The van der Waals surface area contributed by atoms with Crippen LogP contribution in [0.15, 0.2) is 46.2 Å². The third kappa shape index (κ3) is 2.89. The molecule has 0 spiro atoms. The minimum Gasteiger partial charge on any atom is -0.398 e. The quantitative estimate of drug-likeness (QED) is 0.782. The van der Waals surface area contributed by atoms with Gasteiger partial charge in [0, 0.05) is 20.5 Å². The van der Waals surface area contributed by atoms with Crippen LogP contribution in [0, 0.1) is 6.92 Å². The summed E-state index contributed by atoms with van der Waals surface area (Å²) in [5, 5.41) is 1.35. The molecule has 0 saturated carbocycles. The molecule has 0 amide bonds. The fourth-order valence-electron chi connectivity index (χ4n) is 1.48. The molecule has 0 saturated heterocycles. The van der Waals surface area contributed by atoms with Gasteiger partial charge in [-0.05, 0) is 36.8 Å². The fraction of sp³-hybridized carbons (Fsp3) is 0.0769. The van der Waals surface area contributed by atoms with E-state index in [1.165, 1.54) is 0 Å². The van der Waals surface area contributed by atoms with Crippen molar-refractivity contribution in [2.75, 3.05) is 5.73 Å². The van der Waals surface area contributed by atoms with E-state index >= 15 is 0 Å². The van der Waals surface area contributed by atoms with E-state index < -0.39 is 0 Å². The van der Waals surface area contributed by atoms with Crippen LogP contribution in [0.1, 0.15) is 5.56 Å². The number of aryl methyl sites for hydroxylation is 1. The molecule has 1 nitrogen and oxygen atoms in total. The van der Waals surface area contributed by atoms with Gasteiger partial charge in [0.2, 0.25) is 0 Å². The number of hydrogen-bond acceptors (Lipinski definition) is 2. The smallest absolute Gasteiger partial charge is 0.0546 e. The van der Waals surface area contributed by atoms with Crippen molar-refractivity contribution >= 4 is 40.7 Å². The van der Waals surface area contributed by atoms with Gasteiger partial charge < -0.3 is 5.73 Å². The minimum atomic E-state index is 0.670. The highest BCUT2D eigenvalue weighted by Gasteiger charge is 2.08. The molecule has 0 aliphatic heterocycles. The molecule has 0 fully saturated rings. The molecular weight excluding hydrogens is 273 g/mol. The number of nitrogens with two attached hydrogens (primary N) is 1. The van der Waals surface area contributed by atoms with Gasteiger partial charge in [0.15, 0.2) is 0 Å². The Bertz CT molecular complexity index is 535. The van der Waals surface area contributed by atoms with Gasteiger partial charge in [-0.25, -0.2) is 0 Å². The molecule has 0 aromatic heterocycles. The van der Waals surface area contributed by atoms with Crippen molar-refractivity contribution in [1.29, 1.82) is 0 Å². The number of anilines is 1. The lowest BCUT2D eigenvalue weighted by atomic mass is 10.2. The molecule has 0 unspecified atom stereocenters. The van der Waals surface area contributed by atoms with Crippen LogP contribution in [0.5, 0.6) is 0 Å². The lowest BCUT2D eigenvalue weighted by Crippen LogP contribution is -1.90. The third-order valence-electron chi connectivity index (χ3n) is 2.35. The molecule has 2 aromatic rings. The third-order valence-corrected chi connectivity index (χ3v) is 4.34. The second kappa shape index (κ2) is 5.21. The first-order valence-corrected chi connectivity index (χ1v) is 6.63. The van der Waals surface area contributed by atoms with Crippen LogP contribution in [0.4, 0.5) is 5.69 Å². The van der Waals surface area contributed by atoms with Crippen molar-refractivity contribution in [2.24, 2.45) is 0 Å². The molecule has 0 heterocycles. The van der Waals surface area contributed by atoms with Crippen molar-refractivity contribution in [2.45, 2.75) is 16.7 Å². The average Bonchev–Trinajstić information content (AvgIpc) is 2.28. The first kappa shape index (κ1) is 12.6. The Hall–Kier alpha value is -0.830. The first-order valence-electron chi connectivity index (χ1n) is 5.06. The zero-order valence-electron chi connectivity index (χ0n) is 9.21. The molecule has 2 aromatic carbocycles. The van der Waals surface area contributed by atoms with Crippen LogP contribution >= 0.6 is 35.0 Å². The molecule has 2 rings (SSSR count). The molecule has 2 N–H and O–H groups in total. The van der Waals surface area contributed by atoms with Crippen LogP contribution < -0.4 is 5.73 Å². The van der Waals surface area contributed by atoms with Crippen molar-refractivity contribution in [3.8, 4) is 0 Å². The number of hydrogen-bond donors (Lipinski definition) is 1. The summed E-state index contributed by atoms with van der Waals surface area (Å²) < 4.78 is 0. The highest BCUT2D eigenvalue weighted by Crippen LogP contribution is 2.39. The summed E-state index contributed by atoms with van der Waals surface area (Å²) in [6.45, 7) is 2.02. The standard InChI is InChI=1S/C13H11Cl2NS/c1-8-3-2-4-11(16)13(8)17-12-7-9(14)5-6-10(12)15/h2-7H,16H2,1H3. The summed E-state index contributed by atoms with van der Waals surface area (Å²) in [6, 6.07) is 11.3. The van der Waals surface area contributed by atoms with E-state index in [2.05, 4.69) is 0 Å². The normalized spacial score (nSPS) is 10.5. The van der Waals surface area contributed by atoms with Crippen LogP contribution in [0.25, 0.3) is 0 Å². The van der Waals surface area contributed by atoms with E-state index in [0.29, 0.717) is 10.0 Å². The monoisotopic (exact) mass is 283 g/mol. The summed E-state index contributed by atoms with van der Waals surface area (Å²) in [5.41, 5.74) is 7.85. The Morgan fingerprint density at radius 2 is 1.88 bits per heavy atom. The van der Waals surface area contributed by atoms with E-state index in [0.717, 1.165) is 21.0 Å². The van der Waals surface area contributed by atoms with Crippen LogP contribution in [-0.4, -0.2) is 0 Å². The van der Waals surface area contributed by atoms with Gasteiger partial charge in [-0.15, -0.1) is 0 Å². The van der Waals surface area contributed by atoms with Gasteiger partial charge in [-0.1, -0.05) is 47.1 Å². The number of nitrogen functional groups attached to an aromatic ring is 1. The van der Waals surface area contributed by atoms with E-state index in [1.807, 2.05) is 31.2 Å². The number of halogens is 2. The van der Waals surface area contributed by atoms with Crippen molar-refractivity contribution in [1.82, 2.24) is 0 Å². The SMILES string of the molecule is Cc1cccc(N)c1Sc1cc(Cl)ccc1Cl. The second-order valence-electron chi connectivity index (χ2n) is 3.67. The maximum atomic E-state index is 6.13. The fourth-order valence-corrected chi connectivity index (χ4v) is 2.94. The Labute approximate surface area is 115 Å². The van der Waals surface area contributed by atoms with E-state index in [4.69, 9.17) is 28.9 Å². The van der Waals surface area contributed by atoms with E-state index in [1.54, 1.807) is 23.9 Å². The van der Waals surface area contributed by atoms with Crippen LogP contribution in [-0.2, 0) is 0 Å². The molecule has 17 heavy (non-hydrogen) atoms. The topological polar surface area (TPSA) is 26.0 Å².